The molecule has 4 rings (SSSR count). The summed E-state index contributed by atoms with van der Waals surface area (Å²) >= 11 is 12.9. The number of carbonyl (C=O) groups is 1. The van der Waals surface area contributed by atoms with Crippen LogP contribution in [0.4, 0.5) is 0 Å². The zero-order chi connectivity index (χ0) is 22.3. The molecule has 1 aliphatic heterocycles. The predicted octanol–water partition coefficient (Wildman–Crippen LogP) is 4.37. The predicted molar refractivity (Wildman–Crippen MR) is 123 cm³/mol. The molecule has 0 saturated heterocycles. The fourth-order valence-electron chi connectivity index (χ4n) is 4.72. The van der Waals surface area contributed by atoms with Crippen LogP contribution in [0.1, 0.15) is 45.1 Å². The van der Waals surface area contributed by atoms with Crippen LogP contribution in [0.2, 0.25) is 10.0 Å². The molecule has 0 radical (unpaired) electrons. The fraction of sp³-hybridized carbons (Fsp3) is 0.435. The number of guanidine groups is 1. The molecule has 8 heteroatoms. The van der Waals surface area contributed by atoms with Crippen LogP contribution in [0.25, 0.3) is 11.1 Å². The number of carbonyl (C=O) groups excluding carboxylic acids is 1. The van der Waals surface area contributed by atoms with Crippen LogP contribution in [-0.2, 0) is 10.3 Å². The molecule has 2 aliphatic rings. The molecule has 1 saturated carbocycles. The number of nitrogens with two attached hydrogens (primary N) is 1. The molecule has 0 unspecified atom stereocenters. The van der Waals surface area contributed by atoms with Gasteiger partial charge in [-0.25, -0.2) is 4.99 Å². The zero-order valence-corrected chi connectivity index (χ0v) is 19.1. The lowest BCUT2D eigenvalue weighted by Crippen LogP contribution is -2.56. The minimum Gasteiger partial charge on any atom is -0.393 e. The molecule has 1 amide bonds. The molecule has 0 bridgehead atoms. The Bertz CT molecular complexity index is 1040. The highest BCUT2D eigenvalue weighted by Gasteiger charge is 2.43. The highest BCUT2D eigenvalue weighted by atomic mass is 35.5. The van der Waals surface area contributed by atoms with Crippen LogP contribution in [-0.4, -0.2) is 39.0 Å². The number of hydrogen-bond donors (Lipinski definition) is 2. The highest BCUT2D eigenvalue weighted by Crippen LogP contribution is 2.42. The number of aliphatic hydroxyl groups excluding tert-OH is 1. The molecular weight excluding hydrogens is 435 g/mol. The summed E-state index contributed by atoms with van der Waals surface area (Å²) in [7, 11) is 0. The smallest absolute Gasteiger partial charge is 0.232 e. The maximum Gasteiger partial charge on any atom is 0.232 e. The van der Waals surface area contributed by atoms with Crippen molar-refractivity contribution in [1.29, 1.82) is 0 Å². The number of aromatic nitrogens is 1. The average Bonchev–Trinajstić information content (AvgIpc) is 2.70. The van der Waals surface area contributed by atoms with Gasteiger partial charge in [-0.2, -0.15) is 0 Å². The number of aliphatic hydroxyl groups is 1. The van der Waals surface area contributed by atoms with Gasteiger partial charge in [-0.05, 0) is 43.7 Å². The van der Waals surface area contributed by atoms with Gasteiger partial charge in [-0.15, -0.1) is 0 Å². The normalized spacial score (nSPS) is 29.1. The Morgan fingerprint density at radius 1 is 1.26 bits per heavy atom. The van der Waals surface area contributed by atoms with Gasteiger partial charge in [0.05, 0.1) is 28.1 Å². The van der Waals surface area contributed by atoms with E-state index in [0.717, 1.165) is 16.7 Å². The van der Waals surface area contributed by atoms with Crippen molar-refractivity contribution in [1.82, 2.24) is 9.88 Å². The molecule has 2 heterocycles. The van der Waals surface area contributed by atoms with E-state index in [1.54, 1.807) is 23.4 Å². The van der Waals surface area contributed by atoms with Crippen molar-refractivity contribution in [2.24, 2.45) is 16.6 Å². The van der Waals surface area contributed by atoms with E-state index >= 15 is 0 Å². The minimum absolute atomic E-state index is 0.0430. The third-order valence-corrected chi connectivity index (χ3v) is 7.04. The SMILES string of the molecule is C[C@H]1C[C@@H](N2C(=O)C[C@@](C)(c3cccc(-c4cncc(Cl)c4)c3Cl)N=C2N)CC[C@H]1O. The number of amides is 1. The van der Waals surface area contributed by atoms with Crippen molar-refractivity contribution in [2.45, 2.75) is 57.2 Å². The topological polar surface area (TPSA) is 91.8 Å². The zero-order valence-electron chi connectivity index (χ0n) is 17.6. The summed E-state index contributed by atoms with van der Waals surface area (Å²) in [5.74, 6) is 0.248. The van der Waals surface area contributed by atoms with Crippen LogP contribution >= 0.6 is 23.2 Å². The summed E-state index contributed by atoms with van der Waals surface area (Å²) in [4.78, 5) is 23.7. The molecule has 1 fully saturated rings. The monoisotopic (exact) mass is 460 g/mol. The Morgan fingerprint density at radius 3 is 2.71 bits per heavy atom. The molecule has 4 atom stereocenters. The summed E-state index contributed by atoms with van der Waals surface area (Å²) in [6.45, 7) is 3.88. The fourth-order valence-corrected chi connectivity index (χ4v) is 5.33. The molecule has 0 spiro atoms. The average molecular weight is 461 g/mol. The first-order chi connectivity index (χ1) is 14.7. The van der Waals surface area contributed by atoms with Gasteiger partial charge in [0.15, 0.2) is 5.96 Å². The summed E-state index contributed by atoms with van der Waals surface area (Å²) in [6.07, 6.45) is 5.17. The number of benzene rings is 1. The maximum atomic E-state index is 13.2. The molecule has 1 aromatic heterocycles. The molecule has 164 valence electrons. The van der Waals surface area contributed by atoms with Crippen LogP contribution in [0.3, 0.4) is 0 Å². The van der Waals surface area contributed by atoms with E-state index in [1.165, 1.54) is 0 Å². The number of nitrogens with zero attached hydrogens (tertiary/aromatic N) is 3. The Hall–Kier alpha value is -2.15. The Morgan fingerprint density at radius 2 is 2.03 bits per heavy atom. The number of hydrogen-bond acceptors (Lipinski definition) is 5. The van der Waals surface area contributed by atoms with Crippen molar-refractivity contribution < 1.29 is 9.90 Å². The quantitative estimate of drug-likeness (QED) is 0.710. The van der Waals surface area contributed by atoms with E-state index in [2.05, 4.69) is 4.98 Å². The lowest BCUT2D eigenvalue weighted by molar-refractivity contribution is -0.132. The van der Waals surface area contributed by atoms with E-state index < -0.39 is 5.54 Å². The Balaban J connectivity index is 1.69. The van der Waals surface area contributed by atoms with Gasteiger partial charge in [0.2, 0.25) is 5.91 Å². The van der Waals surface area contributed by atoms with Gasteiger partial charge < -0.3 is 10.8 Å². The van der Waals surface area contributed by atoms with E-state index in [9.17, 15) is 9.90 Å². The number of aliphatic imine (C=N–C) groups is 1. The van der Waals surface area contributed by atoms with Gasteiger partial charge >= 0.3 is 0 Å². The van der Waals surface area contributed by atoms with E-state index in [-0.39, 0.29) is 36.4 Å². The second-order valence-corrected chi connectivity index (χ2v) is 9.57. The first-order valence-electron chi connectivity index (χ1n) is 10.4. The van der Waals surface area contributed by atoms with Crippen LogP contribution in [0, 0.1) is 5.92 Å². The first-order valence-corrected chi connectivity index (χ1v) is 11.2. The van der Waals surface area contributed by atoms with Crippen molar-refractivity contribution in [2.75, 3.05) is 0 Å². The summed E-state index contributed by atoms with van der Waals surface area (Å²) in [6, 6.07) is 7.41. The second kappa shape index (κ2) is 8.41. The van der Waals surface area contributed by atoms with Crippen LogP contribution < -0.4 is 5.73 Å². The third kappa shape index (κ3) is 4.16. The van der Waals surface area contributed by atoms with Gasteiger partial charge in [0, 0.05) is 29.6 Å². The van der Waals surface area contributed by atoms with Gasteiger partial charge in [-0.3, -0.25) is 14.7 Å². The summed E-state index contributed by atoms with van der Waals surface area (Å²) in [5.41, 5.74) is 7.75. The van der Waals surface area contributed by atoms with Gasteiger partial charge in [-0.1, -0.05) is 48.3 Å². The molecular formula is C23H26Cl2N4O2. The van der Waals surface area contributed by atoms with Crippen LogP contribution in [0.15, 0.2) is 41.7 Å². The van der Waals surface area contributed by atoms with Gasteiger partial charge in [0.25, 0.3) is 0 Å². The number of halogens is 2. The number of pyridine rings is 1. The van der Waals surface area contributed by atoms with Crippen molar-refractivity contribution in [3.8, 4) is 11.1 Å². The number of rotatable bonds is 3. The lowest BCUT2D eigenvalue weighted by Gasteiger charge is -2.42. The van der Waals surface area contributed by atoms with E-state index in [1.807, 2.05) is 32.0 Å². The Kier molecular flexibility index (Phi) is 5.99. The minimum atomic E-state index is -0.878. The van der Waals surface area contributed by atoms with Crippen LogP contribution in [0.5, 0.6) is 0 Å². The van der Waals surface area contributed by atoms with Crippen molar-refractivity contribution in [3.63, 3.8) is 0 Å². The summed E-state index contributed by atoms with van der Waals surface area (Å²) < 4.78 is 0. The lowest BCUT2D eigenvalue weighted by atomic mass is 9.82. The van der Waals surface area contributed by atoms with Crippen molar-refractivity contribution >= 4 is 35.1 Å². The van der Waals surface area contributed by atoms with E-state index in [4.69, 9.17) is 33.9 Å². The summed E-state index contributed by atoms with van der Waals surface area (Å²) in [5, 5.41) is 11.1. The molecule has 3 N–H and O–H groups in total. The Labute approximate surface area is 192 Å². The maximum absolute atomic E-state index is 13.2. The third-order valence-electron chi connectivity index (χ3n) is 6.43. The second-order valence-electron chi connectivity index (χ2n) is 8.75. The van der Waals surface area contributed by atoms with Crippen molar-refractivity contribution in [3.05, 3.63) is 52.3 Å². The molecule has 2 aromatic rings. The molecule has 31 heavy (non-hydrogen) atoms. The molecule has 1 aliphatic carbocycles. The molecule has 1 aromatic carbocycles. The highest BCUT2D eigenvalue weighted by molar-refractivity contribution is 6.34. The van der Waals surface area contributed by atoms with E-state index in [0.29, 0.717) is 29.3 Å². The largest absolute Gasteiger partial charge is 0.393 e. The van der Waals surface area contributed by atoms with Gasteiger partial charge in [0.1, 0.15) is 0 Å². The standard InChI is InChI=1S/C23H26Cl2N4O2/c1-13-8-16(6-7-19(13)30)29-20(31)10-23(2,28-22(29)26)18-5-3-4-17(21(18)25)14-9-15(24)12-27-11-14/h3-5,9,11-13,16,19,30H,6-8,10H2,1-2H3,(H2,26,28)/t13-,16-,19+,23-/m0/s1. The first kappa shape index (κ1) is 22.1. The molecule has 6 nitrogen and oxygen atoms in total.